The van der Waals surface area contributed by atoms with Crippen molar-refractivity contribution in [1.29, 1.82) is 0 Å². The van der Waals surface area contributed by atoms with Crippen molar-refractivity contribution in [3.63, 3.8) is 0 Å². The van der Waals surface area contributed by atoms with Gasteiger partial charge in [0.2, 0.25) is 5.91 Å². The Labute approximate surface area is 178 Å². The van der Waals surface area contributed by atoms with Crippen LogP contribution in [0.15, 0.2) is 52.4 Å². The van der Waals surface area contributed by atoms with E-state index < -0.39 is 0 Å². The minimum Gasteiger partial charge on any atom is -0.468 e. The number of hydrogen-bond acceptors (Lipinski definition) is 5. The van der Waals surface area contributed by atoms with E-state index in [1.165, 1.54) is 28.9 Å². The van der Waals surface area contributed by atoms with Gasteiger partial charge in [0.15, 0.2) is 4.80 Å². The number of rotatable bonds is 7. The molecule has 7 heteroatoms. The summed E-state index contributed by atoms with van der Waals surface area (Å²) < 4.78 is 7.55. The van der Waals surface area contributed by atoms with Crippen molar-refractivity contribution in [2.45, 2.75) is 38.1 Å². The second kappa shape index (κ2) is 9.89. The average Bonchev–Trinajstić information content (AvgIpc) is 3.02. The summed E-state index contributed by atoms with van der Waals surface area (Å²) in [4.78, 5) is 30.3. The summed E-state index contributed by atoms with van der Waals surface area (Å²) in [5.74, 6) is 0.322. The molecule has 0 aliphatic carbocycles. The molecule has 0 fully saturated rings. The van der Waals surface area contributed by atoms with Crippen LogP contribution >= 0.6 is 23.1 Å². The fourth-order valence-electron chi connectivity index (χ4n) is 2.82. The summed E-state index contributed by atoms with van der Waals surface area (Å²) in [5.41, 5.74) is 3.24. The number of thiazole rings is 1. The van der Waals surface area contributed by atoms with Crippen molar-refractivity contribution >= 4 is 45.2 Å². The predicted octanol–water partition coefficient (Wildman–Crippen LogP) is 4.49. The lowest BCUT2D eigenvalue weighted by Gasteiger charge is -2.04. The topological polar surface area (TPSA) is 60.7 Å². The number of carbonyl (C=O) groups is 2. The molecule has 0 unspecified atom stereocenters. The summed E-state index contributed by atoms with van der Waals surface area (Å²) >= 11 is 3.16. The molecule has 0 bridgehead atoms. The lowest BCUT2D eigenvalue weighted by molar-refractivity contribution is -0.141. The van der Waals surface area contributed by atoms with Gasteiger partial charge in [0.05, 0.1) is 17.3 Å². The molecule has 1 aromatic heterocycles. The molecule has 0 radical (unpaired) electrons. The van der Waals surface area contributed by atoms with E-state index >= 15 is 0 Å². The van der Waals surface area contributed by atoms with Gasteiger partial charge in [0.1, 0.15) is 6.54 Å². The van der Waals surface area contributed by atoms with E-state index in [2.05, 4.69) is 36.2 Å². The van der Waals surface area contributed by atoms with E-state index in [0.717, 1.165) is 28.0 Å². The molecule has 3 aromatic rings. The average molecular weight is 429 g/mol. The van der Waals surface area contributed by atoms with E-state index in [1.807, 2.05) is 25.1 Å². The van der Waals surface area contributed by atoms with Gasteiger partial charge in [-0.05, 0) is 55.9 Å². The maximum absolute atomic E-state index is 12.4. The molecule has 152 valence electrons. The molecule has 0 aliphatic rings. The highest BCUT2D eigenvalue weighted by atomic mass is 32.2. The highest BCUT2D eigenvalue weighted by molar-refractivity contribution is 7.99. The van der Waals surface area contributed by atoms with Crippen LogP contribution in [0.4, 0.5) is 0 Å². The van der Waals surface area contributed by atoms with Crippen molar-refractivity contribution in [2.75, 3.05) is 12.9 Å². The molecule has 0 saturated carbocycles. The maximum Gasteiger partial charge on any atom is 0.325 e. The summed E-state index contributed by atoms with van der Waals surface area (Å²) in [6, 6.07) is 14.3. The van der Waals surface area contributed by atoms with Crippen LogP contribution in [0.3, 0.4) is 0 Å². The Morgan fingerprint density at radius 1 is 1.10 bits per heavy atom. The zero-order valence-corrected chi connectivity index (χ0v) is 18.4. The number of amides is 1. The molecule has 3 rings (SSSR count). The highest BCUT2D eigenvalue weighted by Gasteiger charge is 2.12. The monoisotopic (exact) mass is 428 g/mol. The van der Waals surface area contributed by atoms with E-state index in [1.54, 1.807) is 16.3 Å². The molecule has 29 heavy (non-hydrogen) atoms. The van der Waals surface area contributed by atoms with Crippen LogP contribution in [-0.4, -0.2) is 29.3 Å². The molecular weight excluding hydrogens is 404 g/mol. The van der Waals surface area contributed by atoms with Crippen molar-refractivity contribution in [3.8, 4) is 0 Å². The number of nitrogens with zero attached hydrogens (tertiary/aromatic N) is 2. The molecule has 0 spiro atoms. The molecular formula is C22H24N2O3S2. The number of esters is 1. The number of carbonyl (C=O) groups excluding carboxylic acids is 2. The lowest BCUT2D eigenvalue weighted by Crippen LogP contribution is -2.22. The van der Waals surface area contributed by atoms with Gasteiger partial charge in [-0.15, -0.1) is 11.8 Å². The number of thioether (sulfide) groups is 1. The molecule has 2 aromatic carbocycles. The quantitative estimate of drug-likeness (QED) is 0.316. The van der Waals surface area contributed by atoms with Crippen LogP contribution in [0.5, 0.6) is 0 Å². The Bertz CT molecular complexity index is 1080. The van der Waals surface area contributed by atoms with Gasteiger partial charge in [-0.25, -0.2) is 0 Å². The summed E-state index contributed by atoms with van der Waals surface area (Å²) in [5, 5.41) is 0. The number of ether oxygens (including phenoxy) is 1. The number of methoxy groups -OCH3 is 1. The normalized spacial score (nSPS) is 11.8. The fraction of sp³-hybridized carbons (Fsp3) is 0.318. The van der Waals surface area contributed by atoms with Gasteiger partial charge in [0, 0.05) is 11.3 Å². The third-order valence-corrected chi connectivity index (χ3v) is 6.54. The van der Waals surface area contributed by atoms with Crippen LogP contribution < -0.4 is 4.80 Å². The second-order valence-electron chi connectivity index (χ2n) is 6.79. The Hall–Kier alpha value is -2.38. The lowest BCUT2D eigenvalue weighted by atomic mass is 10.2. The minimum atomic E-state index is -0.367. The molecule has 0 atom stereocenters. The van der Waals surface area contributed by atoms with Crippen LogP contribution in [0.2, 0.25) is 0 Å². The van der Waals surface area contributed by atoms with Crippen LogP contribution in [0, 0.1) is 13.8 Å². The van der Waals surface area contributed by atoms with E-state index in [9.17, 15) is 9.59 Å². The van der Waals surface area contributed by atoms with Crippen molar-refractivity contribution in [1.82, 2.24) is 4.57 Å². The standard InChI is InChI=1S/C22H24N2O3S2/c1-15-6-9-17(10-7-15)28-12-4-5-20(25)23-22-24(14-21(26)27-3)18-11-8-16(2)13-19(18)29-22/h6-11,13H,4-5,12,14H2,1-3H3. The highest BCUT2D eigenvalue weighted by Crippen LogP contribution is 2.21. The molecule has 5 nitrogen and oxygen atoms in total. The first kappa shape index (κ1) is 21.3. The number of aryl methyl sites for hydroxylation is 2. The molecule has 1 heterocycles. The second-order valence-corrected chi connectivity index (χ2v) is 8.97. The maximum atomic E-state index is 12.4. The van der Waals surface area contributed by atoms with Gasteiger partial charge in [0.25, 0.3) is 0 Å². The minimum absolute atomic E-state index is 0.0367. The first-order valence-corrected chi connectivity index (χ1v) is 11.2. The molecule has 0 saturated heterocycles. The van der Waals surface area contributed by atoms with Gasteiger partial charge in [-0.2, -0.15) is 4.99 Å². The Morgan fingerprint density at radius 3 is 2.55 bits per heavy atom. The zero-order chi connectivity index (χ0) is 20.8. The van der Waals surface area contributed by atoms with Gasteiger partial charge < -0.3 is 9.30 Å². The first-order valence-electron chi connectivity index (χ1n) is 9.40. The fourth-order valence-corrected chi connectivity index (χ4v) is 4.82. The SMILES string of the molecule is COC(=O)Cn1c(=NC(=O)CCCSc2ccc(C)cc2)sc2cc(C)ccc21. The first-order chi connectivity index (χ1) is 14.0. The predicted molar refractivity (Wildman–Crippen MR) is 118 cm³/mol. The summed E-state index contributed by atoms with van der Waals surface area (Å²) in [7, 11) is 1.36. The largest absolute Gasteiger partial charge is 0.468 e. The van der Waals surface area contributed by atoms with E-state index in [0.29, 0.717) is 11.2 Å². The van der Waals surface area contributed by atoms with Crippen LogP contribution in [0.1, 0.15) is 24.0 Å². The van der Waals surface area contributed by atoms with Crippen LogP contribution in [-0.2, 0) is 20.9 Å². The van der Waals surface area contributed by atoms with Gasteiger partial charge >= 0.3 is 5.97 Å². The van der Waals surface area contributed by atoms with E-state index in [4.69, 9.17) is 4.74 Å². The number of aromatic nitrogens is 1. The number of hydrogen-bond donors (Lipinski definition) is 0. The smallest absolute Gasteiger partial charge is 0.325 e. The van der Waals surface area contributed by atoms with Crippen molar-refractivity contribution in [2.24, 2.45) is 4.99 Å². The van der Waals surface area contributed by atoms with E-state index in [-0.39, 0.29) is 18.4 Å². The summed E-state index contributed by atoms with van der Waals surface area (Å²) in [6.07, 6.45) is 1.13. The molecule has 0 N–H and O–H groups in total. The zero-order valence-electron chi connectivity index (χ0n) is 16.8. The Kier molecular flexibility index (Phi) is 7.28. The molecule has 0 aliphatic heterocycles. The number of fused-ring (bicyclic) bond motifs is 1. The molecule has 1 amide bonds. The van der Waals surface area contributed by atoms with Gasteiger partial charge in [-0.3, -0.25) is 9.59 Å². The van der Waals surface area contributed by atoms with Crippen LogP contribution in [0.25, 0.3) is 10.2 Å². The summed E-state index contributed by atoms with van der Waals surface area (Å²) in [6.45, 7) is 4.11. The Balaban J connectivity index is 1.70. The Morgan fingerprint density at radius 2 is 1.83 bits per heavy atom. The third-order valence-electron chi connectivity index (χ3n) is 4.40. The number of benzene rings is 2. The third kappa shape index (κ3) is 5.81. The van der Waals surface area contributed by atoms with Crippen molar-refractivity contribution in [3.05, 3.63) is 58.4 Å². The van der Waals surface area contributed by atoms with Crippen molar-refractivity contribution < 1.29 is 14.3 Å². The van der Waals surface area contributed by atoms with Gasteiger partial charge in [-0.1, -0.05) is 35.1 Å².